The van der Waals surface area contributed by atoms with Crippen LogP contribution < -0.4 is 5.32 Å². The Labute approximate surface area is 203 Å². The van der Waals surface area contributed by atoms with Gasteiger partial charge in [0.05, 0.1) is 38.5 Å². The van der Waals surface area contributed by atoms with Crippen LogP contribution in [0, 0.1) is 0 Å². The number of nitrogens with one attached hydrogen (secondary N) is 2. The molecule has 0 spiro atoms. The van der Waals surface area contributed by atoms with Crippen molar-refractivity contribution < 1.29 is 9.59 Å². The minimum absolute atomic E-state index is 0.258. The van der Waals surface area contributed by atoms with E-state index in [9.17, 15) is 9.59 Å². The molecule has 0 radical (unpaired) electrons. The van der Waals surface area contributed by atoms with Gasteiger partial charge in [0.1, 0.15) is 5.69 Å². The number of benzene rings is 3. The number of hydrogen-bond acceptors (Lipinski definition) is 5. The second kappa shape index (κ2) is 8.58. The number of thiophene rings is 1. The van der Waals surface area contributed by atoms with Crippen molar-refractivity contribution in [3.8, 4) is 11.4 Å². The van der Waals surface area contributed by atoms with Gasteiger partial charge in [-0.05, 0) is 35.7 Å². The number of hydrogen-bond donors (Lipinski definition) is 2. The van der Waals surface area contributed by atoms with E-state index in [2.05, 4.69) is 20.5 Å². The highest BCUT2D eigenvalue weighted by molar-refractivity contribution is 7.12. The van der Waals surface area contributed by atoms with Crippen LogP contribution >= 0.6 is 11.3 Å². The van der Waals surface area contributed by atoms with Crippen LogP contribution in [0.2, 0.25) is 0 Å². The van der Waals surface area contributed by atoms with Gasteiger partial charge in [-0.1, -0.05) is 54.6 Å². The maximum atomic E-state index is 13.1. The number of rotatable bonds is 4. The van der Waals surface area contributed by atoms with E-state index in [1.807, 2.05) is 53.9 Å². The molecule has 6 rings (SSSR count). The first-order valence-electron chi connectivity index (χ1n) is 10.9. The Morgan fingerprint density at radius 2 is 1.63 bits per heavy atom. The van der Waals surface area contributed by atoms with Crippen molar-refractivity contribution in [3.05, 3.63) is 101 Å². The molecule has 1 aliphatic carbocycles. The Balaban J connectivity index is 1.40. The third-order valence-corrected chi connectivity index (χ3v) is 6.57. The number of para-hydroxylation sites is 3. The summed E-state index contributed by atoms with van der Waals surface area (Å²) in [6.07, 6.45) is 0. The highest BCUT2D eigenvalue weighted by Crippen LogP contribution is 2.43. The van der Waals surface area contributed by atoms with E-state index in [1.165, 1.54) is 11.3 Å². The van der Waals surface area contributed by atoms with Gasteiger partial charge in [-0.2, -0.15) is 0 Å². The fraction of sp³-hybridized carbons (Fsp3) is 0. The van der Waals surface area contributed by atoms with Gasteiger partial charge in [0.2, 0.25) is 0 Å². The van der Waals surface area contributed by atoms with Crippen molar-refractivity contribution >= 4 is 56.3 Å². The lowest BCUT2D eigenvalue weighted by molar-refractivity contribution is 0.0996. The zero-order valence-corrected chi connectivity index (χ0v) is 19.0. The Morgan fingerprint density at radius 3 is 2.49 bits per heavy atom. The first kappa shape index (κ1) is 20.9. The summed E-state index contributed by atoms with van der Waals surface area (Å²) in [4.78, 5) is 34.4. The van der Waals surface area contributed by atoms with E-state index >= 15 is 0 Å². The molecule has 0 bridgehead atoms. The Hall–Kier alpha value is -4.69. The minimum Gasteiger partial charge on any atom is -0.350 e. The summed E-state index contributed by atoms with van der Waals surface area (Å²) in [5.74, 6) is -0.836. The molecular weight excluding hydrogens is 458 g/mol. The lowest BCUT2D eigenvalue weighted by Crippen LogP contribution is -2.13. The standard InChI is InChI=1S/C27H17N5O2S/c33-26(18-10-3-4-11-19(18)30-27(34)22-14-7-15-35-22)32-31-24-17-9-2-1-8-16(17)23-25(24)29-21-13-6-5-12-20(21)28-23/h1-15,29H,(H,30,34). The Kier molecular flexibility index (Phi) is 5.12. The molecule has 2 aliphatic rings. The van der Waals surface area contributed by atoms with Crippen molar-refractivity contribution in [2.24, 2.45) is 10.2 Å². The molecule has 2 N–H and O–H groups in total. The molecule has 0 saturated heterocycles. The van der Waals surface area contributed by atoms with Crippen molar-refractivity contribution in [3.63, 3.8) is 0 Å². The quantitative estimate of drug-likeness (QED) is 0.267. The zero-order valence-electron chi connectivity index (χ0n) is 18.2. The number of aromatic amines is 1. The summed E-state index contributed by atoms with van der Waals surface area (Å²) in [6.45, 7) is 0. The number of amides is 2. The predicted molar refractivity (Wildman–Crippen MR) is 138 cm³/mol. The summed E-state index contributed by atoms with van der Waals surface area (Å²) >= 11 is 1.33. The van der Waals surface area contributed by atoms with Gasteiger partial charge in [0, 0.05) is 10.8 Å². The lowest BCUT2D eigenvalue weighted by Gasteiger charge is -2.07. The average molecular weight is 476 g/mol. The zero-order chi connectivity index (χ0) is 23.8. The maximum absolute atomic E-state index is 13.1. The maximum Gasteiger partial charge on any atom is 0.297 e. The van der Waals surface area contributed by atoms with Crippen LogP contribution in [0.4, 0.5) is 11.4 Å². The van der Waals surface area contributed by atoms with E-state index in [4.69, 9.17) is 4.98 Å². The fourth-order valence-corrected chi connectivity index (χ4v) is 4.69. The summed E-state index contributed by atoms with van der Waals surface area (Å²) in [5, 5.41) is 14.8. The second-order valence-corrected chi connectivity index (χ2v) is 8.80. The van der Waals surface area contributed by atoms with Gasteiger partial charge in [-0.15, -0.1) is 21.6 Å². The topological polar surface area (TPSA) is 99.6 Å². The largest absolute Gasteiger partial charge is 0.350 e. The van der Waals surface area contributed by atoms with Crippen LogP contribution in [-0.4, -0.2) is 21.8 Å². The van der Waals surface area contributed by atoms with Crippen LogP contribution in [0.15, 0.2) is 101 Å². The van der Waals surface area contributed by atoms with Gasteiger partial charge in [0.15, 0.2) is 0 Å². The Bertz CT molecular complexity index is 1720. The fourth-order valence-electron chi connectivity index (χ4n) is 4.07. The van der Waals surface area contributed by atoms with Crippen molar-refractivity contribution in [1.29, 1.82) is 0 Å². The number of nitrogens with zero attached hydrogens (tertiary/aromatic N) is 3. The first-order valence-corrected chi connectivity index (χ1v) is 11.8. The third-order valence-electron chi connectivity index (χ3n) is 5.70. The molecule has 0 atom stereocenters. The highest BCUT2D eigenvalue weighted by atomic mass is 32.1. The first-order chi connectivity index (χ1) is 17.2. The van der Waals surface area contributed by atoms with Gasteiger partial charge >= 0.3 is 0 Å². The van der Waals surface area contributed by atoms with E-state index in [0.717, 1.165) is 27.5 Å². The molecule has 4 aromatic rings. The molecule has 35 heavy (non-hydrogen) atoms. The molecule has 7 nitrogen and oxygen atoms in total. The molecular formula is C27H17N5O2S. The molecule has 8 heteroatoms. The SMILES string of the molecule is O=C(Nc1ccccc1C(=O)N=Nc1c2[nH]c3ccccc3nc-2c2ccccc12)c1cccs1. The van der Waals surface area contributed by atoms with Crippen LogP contribution in [0.25, 0.3) is 33.2 Å². The average Bonchev–Trinajstić information content (AvgIpc) is 3.53. The van der Waals surface area contributed by atoms with Crippen LogP contribution in [0.3, 0.4) is 0 Å². The highest BCUT2D eigenvalue weighted by Gasteiger charge is 2.21. The van der Waals surface area contributed by atoms with Crippen LogP contribution in [-0.2, 0) is 0 Å². The molecule has 2 heterocycles. The molecule has 3 aromatic carbocycles. The molecule has 1 aromatic heterocycles. The van der Waals surface area contributed by atoms with Crippen LogP contribution in [0.1, 0.15) is 20.0 Å². The summed E-state index contributed by atoms with van der Waals surface area (Å²) in [7, 11) is 0. The summed E-state index contributed by atoms with van der Waals surface area (Å²) in [5.41, 5.74) is 4.36. The normalized spacial score (nSPS) is 11.5. The van der Waals surface area contributed by atoms with E-state index in [-0.39, 0.29) is 11.5 Å². The number of carbonyl (C=O) groups excluding carboxylic acids is 2. The van der Waals surface area contributed by atoms with Crippen LogP contribution in [0.5, 0.6) is 0 Å². The van der Waals surface area contributed by atoms with Gasteiger partial charge in [-0.3, -0.25) is 9.59 Å². The summed E-state index contributed by atoms with van der Waals surface area (Å²) in [6, 6.07) is 25.8. The van der Waals surface area contributed by atoms with Gasteiger partial charge in [-0.25, -0.2) is 4.98 Å². The molecule has 168 valence electrons. The molecule has 2 amide bonds. The van der Waals surface area contributed by atoms with Gasteiger partial charge in [0.25, 0.3) is 11.8 Å². The van der Waals surface area contributed by atoms with Crippen molar-refractivity contribution in [2.45, 2.75) is 0 Å². The number of azo groups is 1. The lowest BCUT2D eigenvalue weighted by atomic mass is 10.1. The van der Waals surface area contributed by atoms with Gasteiger partial charge < -0.3 is 10.3 Å². The van der Waals surface area contributed by atoms with E-state index in [0.29, 0.717) is 21.9 Å². The number of aromatic nitrogens is 2. The number of H-pyrrole nitrogens is 1. The molecule has 1 aliphatic heterocycles. The van der Waals surface area contributed by atoms with Crippen molar-refractivity contribution in [2.75, 3.05) is 5.32 Å². The smallest absolute Gasteiger partial charge is 0.297 e. The summed E-state index contributed by atoms with van der Waals surface area (Å²) < 4.78 is 0. The molecule has 0 fully saturated rings. The van der Waals surface area contributed by atoms with Crippen molar-refractivity contribution in [1.82, 2.24) is 9.97 Å². The molecule has 0 saturated carbocycles. The predicted octanol–water partition coefficient (Wildman–Crippen LogP) is 7.06. The third kappa shape index (κ3) is 3.75. The number of fused-ring (bicyclic) bond motifs is 4. The number of anilines is 1. The monoisotopic (exact) mass is 475 g/mol. The molecule has 0 unspecified atom stereocenters. The van der Waals surface area contributed by atoms with E-state index in [1.54, 1.807) is 36.4 Å². The van der Waals surface area contributed by atoms with E-state index < -0.39 is 5.91 Å². The second-order valence-electron chi connectivity index (χ2n) is 7.85. The number of carbonyl (C=O) groups is 2. The Morgan fingerprint density at radius 1 is 0.857 bits per heavy atom. The minimum atomic E-state index is -0.556.